The summed E-state index contributed by atoms with van der Waals surface area (Å²) in [6.07, 6.45) is 2.92. The minimum atomic E-state index is -0.542. The van der Waals surface area contributed by atoms with Crippen LogP contribution in [-0.4, -0.2) is 41.8 Å². The minimum absolute atomic E-state index is 0.0844. The van der Waals surface area contributed by atoms with E-state index in [-0.39, 0.29) is 24.1 Å². The number of hydrogen-bond acceptors (Lipinski definition) is 4. The van der Waals surface area contributed by atoms with Crippen molar-refractivity contribution in [2.75, 3.05) is 13.1 Å². The summed E-state index contributed by atoms with van der Waals surface area (Å²) < 4.78 is 0. The molecule has 1 aromatic rings. The molecule has 3 heterocycles. The first-order chi connectivity index (χ1) is 12.0. The molecule has 1 aromatic carbocycles. The van der Waals surface area contributed by atoms with Gasteiger partial charge in [-0.2, -0.15) is 0 Å². The van der Waals surface area contributed by atoms with Crippen LogP contribution in [0.4, 0.5) is 0 Å². The van der Waals surface area contributed by atoms with Gasteiger partial charge in [-0.3, -0.25) is 19.7 Å². The highest BCUT2D eigenvalue weighted by Crippen LogP contribution is 2.34. The van der Waals surface area contributed by atoms with Crippen molar-refractivity contribution >= 4 is 17.7 Å². The molecule has 6 nitrogen and oxygen atoms in total. The number of carbonyl (C=O) groups excluding carboxylic acids is 3. The van der Waals surface area contributed by atoms with Crippen molar-refractivity contribution in [1.82, 2.24) is 15.5 Å². The molecule has 6 heteroatoms. The molecule has 0 aromatic heterocycles. The summed E-state index contributed by atoms with van der Waals surface area (Å²) in [5.41, 5.74) is 4.05. The smallest absolute Gasteiger partial charge is 0.255 e. The summed E-state index contributed by atoms with van der Waals surface area (Å²) in [7, 11) is 0. The van der Waals surface area contributed by atoms with E-state index in [0.29, 0.717) is 18.9 Å². The van der Waals surface area contributed by atoms with E-state index in [1.165, 1.54) is 5.56 Å². The van der Waals surface area contributed by atoms with E-state index in [0.717, 1.165) is 42.6 Å². The fourth-order valence-electron chi connectivity index (χ4n) is 4.34. The van der Waals surface area contributed by atoms with Crippen LogP contribution in [0.3, 0.4) is 0 Å². The van der Waals surface area contributed by atoms with E-state index < -0.39 is 6.04 Å². The molecule has 2 N–H and O–H groups in total. The van der Waals surface area contributed by atoms with Crippen LogP contribution in [0.5, 0.6) is 0 Å². The molecule has 0 radical (unpaired) electrons. The van der Waals surface area contributed by atoms with Crippen LogP contribution in [0.15, 0.2) is 12.1 Å². The fraction of sp³-hybridized carbons (Fsp3) is 0.526. The van der Waals surface area contributed by atoms with E-state index in [9.17, 15) is 14.4 Å². The molecule has 2 saturated heterocycles. The number of imide groups is 1. The van der Waals surface area contributed by atoms with Gasteiger partial charge in [0.05, 0.1) is 0 Å². The predicted octanol–water partition coefficient (Wildman–Crippen LogP) is 1.22. The van der Waals surface area contributed by atoms with E-state index in [4.69, 9.17) is 0 Å². The highest BCUT2D eigenvalue weighted by Gasteiger charge is 2.40. The number of rotatable bonds is 2. The molecule has 0 spiro atoms. The molecule has 1 atom stereocenters. The molecule has 3 amide bonds. The maximum Gasteiger partial charge on any atom is 0.255 e. The van der Waals surface area contributed by atoms with Crippen LogP contribution >= 0.6 is 0 Å². The third-order valence-corrected chi connectivity index (χ3v) is 5.65. The van der Waals surface area contributed by atoms with Crippen molar-refractivity contribution in [3.8, 4) is 0 Å². The minimum Gasteiger partial charge on any atom is -0.322 e. The van der Waals surface area contributed by atoms with Crippen LogP contribution in [0.2, 0.25) is 0 Å². The van der Waals surface area contributed by atoms with Crippen LogP contribution < -0.4 is 10.6 Å². The highest BCUT2D eigenvalue weighted by atomic mass is 16.2. The molecular formula is C19H23N3O3. The topological polar surface area (TPSA) is 78.5 Å². The molecule has 132 valence electrons. The first-order valence-electron chi connectivity index (χ1n) is 9.03. The number of aryl methyl sites for hydroxylation is 1. The summed E-state index contributed by atoms with van der Waals surface area (Å²) in [6, 6.07) is 3.75. The first kappa shape index (κ1) is 16.3. The van der Waals surface area contributed by atoms with E-state index in [1.807, 2.05) is 6.92 Å². The predicted molar refractivity (Wildman–Crippen MR) is 92.1 cm³/mol. The Kier molecular flexibility index (Phi) is 4.07. The molecule has 0 saturated carbocycles. The highest BCUT2D eigenvalue weighted by molar-refractivity contribution is 6.06. The monoisotopic (exact) mass is 341 g/mol. The van der Waals surface area contributed by atoms with Crippen molar-refractivity contribution in [2.45, 2.75) is 51.1 Å². The van der Waals surface area contributed by atoms with Gasteiger partial charge in [0.15, 0.2) is 0 Å². The fourth-order valence-corrected chi connectivity index (χ4v) is 4.34. The maximum atomic E-state index is 12.9. The summed E-state index contributed by atoms with van der Waals surface area (Å²) in [5.74, 6) is -0.160. The van der Waals surface area contributed by atoms with Crippen molar-refractivity contribution in [3.63, 3.8) is 0 Å². The lowest BCUT2D eigenvalue weighted by Gasteiger charge is -2.29. The van der Waals surface area contributed by atoms with Gasteiger partial charge in [-0.1, -0.05) is 12.1 Å². The lowest BCUT2D eigenvalue weighted by Crippen LogP contribution is -2.52. The average molecular weight is 341 g/mol. The quantitative estimate of drug-likeness (QED) is 0.793. The second kappa shape index (κ2) is 6.26. The number of nitrogens with one attached hydrogen (secondary N) is 2. The first-order valence-corrected chi connectivity index (χ1v) is 9.03. The summed E-state index contributed by atoms with van der Waals surface area (Å²) in [5, 5.41) is 5.74. The second-order valence-electron chi connectivity index (χ2n) is 7.30. The third kappa shape index (κ3) is 2.84. The average Bonchev–Trinajstić information content (AvgIpc) is 2.93. The normalized spacial score (nSPS) is 24.4. The Hall–Kier alpha value is -2.21. The Morgan fingerprint density at radius 3 is 2.56 bits per heavy atom. The molecule has 25 heavy (non-hydrogen) atoms. The third-order valence-electron chi connectivity index (χ3n) is 5.65. The van der Waals surface area contributed by atoms with E-state index in [2.05, 4.69) is 22.8 Å². The van der Waals surface area contributed by atoms with Gasteiger partial charge in [-0.15, -0.1) is 0 Å². The summed E-state index contributed by atoms with van der Waals surface area (Å²) in [4.78, 5) is 38.0. The van der Waals surface area contributed by atoms with Crippen LogP contribution in [-0.2, 0) is 16.1 Å². The molecule has 0 bridgehead atoms. The SMILES string of the molecule is Cc1cc(C2CCNCC2)cc2c1C(=O)N(C1CCC(=O)NC1=O)C2. The van der Waals surface area contributed by atoms with Gasteiger partial charge in [0.25, 0.3) is 5.91 Å². The molecule has 2 fully saturated rings. The maximum absolute atomic E-state index is 12.9. The molecule has 4 rings (SSSR count). The molecular weight excluding hydrogens is 318 g/mol. The Labute approximate surface area is 147 Å². The largest absolute Gasteiger partial charge is 0.322 e. The van der Waals surface area contributed by atoms with Crippen LogP contribution in [0, 0.1) is 6.92 Å². The zero-order chi connectivity index (χ0) is 17.6. The van der Waals surface area contributed by atoms with Gasteiger partial charge in [0.2, 0.25) is 11.8 Å². The number of piperidine rings is 2. The zero-order valence-corrected chi connectivity index (χ0v) is 14.4. The Morgan fingerprint density at radius 1 is 1.08 bits per heavy atom. The van der Waals surface area contributed by atoms with Gasteiger partial charge in [0.1, 0.15) is 6.04 Å². The van der Waals surface area contributed by atoms with Gasteiger partial charge in [-0.05, 0) is 61.9 Å². The van der Waals surface area contributed by atoms with Crippen molar-refractivity contribution in [2.24, 2.45) is 0 Å². The second-order valence-corrected chi connectivity index (χ2v) is 7.30. The number of amides is 3. The van der Waals surface area contributed by atoms with Crippen molar-refractivity contribution in [1.29, 1.82) is 0 Å². The standard InChI is InChI=1S/C19H23N3O3/c1-11-8-13(12-4-6-20-7-5-12)9-14-10-22(19(25)17(11)14)15-2-3-16(23)21-18(15)24/h8-9,12,15,20H,2-7,10H2,1H3,(H,21,23,24). The van der Waals surface area contributed by atoms with E-state index >= 15 is 0 Å². The van der Waals surface area contributed by atoms with E-state index in [1.54, 1.807) is 4.90 Å². The van der Waals surface area contributed by atoms with Crippen molar-refractivity contribution < 1.29 is 14.4 Å². The van der Waals surface area contributed by atoms with Crippen molar-refractivity contribution in [3.05, 3.63) is 34.4 Å². The van der Waals surface area contributed by atoms with Gasteiger partial charge in [-0.25, -0.2) is 0 Å². The zero-order valence-electron chi connectivity index (χ0n) is 14.4. The summed E-state index contributed by atoms with van der Waals surface area (Å²) >= 11 is 0. The molecule has 3 aliphatic rings. The van der Waals surface area contributed by atoms with Gasteiger partial charge >= 0.3 is 0 Å². The molecule has 3 aliphatic heterocycles. The Balaban J connectivity index is 1.61. The molecule has 0 aliphatic carbocycles. The number of benzene rings is 1. The Bertz CT molecular complexity index is 753. The summed E-state index contributed by atoms with van der Waals surface area (Å²) in [6.45, 7) is 4.50. The lowest BCUT2D eigenvalue weighted by molar-refractivity contribution is -0.136. The Morgan fingerprint density at radius 2 is 1.84 bits per heavy atom. The lowest BCUT2D eigenvalue weighted by atomic mass is 9.87. The van der Waals surface area contributed by atoms with Crippen LogP contribution in [0.25, 0.3) is 0 Å². The van der Waals surface area contributed by atoms with Gasteiger partial charge < -0.3 is 10.2 Å². The van der Waals surface area contributed by atoms with Gasteiger partial charge in [0, 0.05) is 18.5 Å². The number of fused-ring (bicyclic) bond motifs is 1. The number of hydrogen-bond donors (Lipinski definition) is 2. The number of carbonyl (C=O) groups is 3. The molecule has 1 unspecified atom stereocenters. The number of nitrogens with zero attached hydrogens (tertiary/aromatic N) is 1. The van der Waals surface area contributed by atoms with Crippen LogP contribution in [0.1, 0.15) is 58.6 Å².